The van der Waals surface area contributed by atoms with Gasteiger partial charge in [0.2, 0.25) is 5.91 Å². The Morgan fingerprint density at radius 1 is 0.895 bits per heavy atom. The second-order valence-electron chi connectivity index (χ2n) is 9.97. The van der Waals surface area contributed by atoms with Crippen LogP contribution in [0.2, 0.25) is 5.02 Å². The van der Waals surface area contributed by atoms with Gasteiger partial charge in [-0.2, -0.15) is 0 Å². The fraction of sp³-hybridized carbons (Fsp3) is 0.375. The summed E-state index contributed by atoms with van der Waals surface area (Å²) in [4.78, 5) is 30.7. The molecule has 0 saturated heterocycles. The second kappa shape index (κ2) is 14.0. The monoisotopic (exact) mass is 532 g/mol. The van der Waals surface area contributed by atoms with Crippen LogP contribution in [0.5, 0.6) is 5.75 Å². The molecule has 1 heterocycles. The largest absolute Gasteiger partial charge is 0.491 e. The standard InChI is InChI=1S/C32H37ClN2O3/c1-34-21-11-2-3-12-22-35(31(36)20-19-26-15-7-9-17-29(26)33)27(23-25-13-5-4-6-14-25)24-38-30-18-10-8-16-28(30)32(34)37/h4-10,13-18,27H,2-3,11-12,19-24H2,1H3/t27-/m0/s1. The number of fused-ring (bicyclic) bond motifs is 1. The maximum absolute atomic E-state index is 13.7. The molecule has 3 aromatic rings. The molecule has 5 nitrogen and oxygen atoms in total. The normalized spacial score (nSPS) is 17.3. The lowest BCUT2D eigenvalue weighted by atomic mass is 10.0. The minimum atomic E-state index is -0.167. The number of hydrogen-bond donors (Lipinski definition) is 0. The molecular weight excluding hydrogens is 496 g/mol. The van der Waals surface area contributed by atoms with Crippen LogP contribution in [-0.4, -0.2) is 54.4 Å². The SMILES string of the molecule is CN1CCCCCCN(C(=O)CCc2ccccc2Cl)[C@@H](Cc2ccccc2)COc2ccccc2C1=O. The van der Waals surface area contributed by atoms with Gasteiger partial charge in [-0.1, -0.05) is 85.1 Å². The molecule has 0 bridgehead atoms. The van der Waals surface area contributed by atoms with Crippen LogP contribution in [0.3, 0.4) is 0 Å². The predicted molar refractivity (Wildman–Crippen MR) is 153 cm³/mol. The van der Waals surface area contributed by atoms with E-state index in [-0.39, 0.29) is 17.9 Å². The van der Waals surface area contributed by atoms with Gasteiger partial charge in [0, 0.05) is 31.6 Å². The van der Waals surface area contributed by atoms with Crippen molar-refractivity contribution in [3.05, 3.63) is 101 Å². The molecule has 1 aliphatic rings. The highest BCUT2D eigenvalue weighted by Gasteiger charge is 2.26. The number of para-hydroxylation sites is 1. The van der Waals surface area contributed by atoms with Crippen LogP contribution in [0.15, 0.2) is 78.9 Å². The summed E-state index contributed by atoms with van der Waals surface area (Å²) in [5, 5.41) is 0.691. The summed E-state index contributed by atoms with van der Waals surface area (Å²) < 4.78 is 6.34. The molecule has 0 N–H and O–H groups in total. The van der Waals surface area contributed by atoms with Crippen LogP contribution >= 0.6 is 11.6 Å². The fourth-order valence-corrected chi connectivity index (χ4v) is 5.22. The first-order chi connectivity index (χ1) is 18.5. The van der Waals surface area contributed by atoms with E-state index in [1.54, 1.807) is 4.90 Å². The number of carbonyl (C=O) groups is 2. The van der Waals surface area contributed by atoms with Crippen LogP contribution in [-0.2, 0) is 17.6 Å². The van der Waals surface area contributed by atoms with E-state index in [0.717, 1.165) is 36.8 Å². The Balaban J connectivity index is 1.60. The molecule has 0 aliphatic carbocycles. The Hall–Kier alpha value is -3.31. The van der Waals surface area contributed by atoms with Crippen LogP contribution in [0.1, 0.15) is 53.6 Å². The molecule has 3 aromatic carbocycles. The van der Waals surface area contributed by atoms with E-state index in [0.29, 0.717) is 55.3 Å². The molecule has 0 unspecified atom stereocenters. The van der Waals surface area contributed by atoms with Gasteiger partial charge >= 0.3 is 0 Å². The average molecular weight is 533 g/mol. The molecule has 2 amide bonds. The smallest absolute Gasteiger partial charge is 0.257 e. The Labute approximate surface area is 231 Å². The van der Waals surface area contributed by atoms with Gasteiger partial charge in [-0.3, -0.25) is 9.59 Å². The summed E-state index contributed by atoms with van der Waals surface area (Å²) in [5.41, 5.74) is 2.69. The summed E-state index contributed by atoms with van der Waals surface area (Å²) in [6, 6.07) is 25.2. The quantitative estimate of drug-likeness (QED) is 0.380. The number of ether oxygens (including phenoxy) is 1. The van der Waals surface area contributed by atoms with E-state index in [4.69, 9.17) is 16.3 Å². The summed E-state index contributed by atoms with van der Waals surface area (Å²) in [6.45, 7) is 1.68. The number of carbonyl (C=O) groups excluding carboxylic acids is 2. The van der Waals surface area contributed by atoms with Gasteiger partial charge in [0.1, 0.15) is 12.4 Å². The van der Waals surface area contributed by atoms with Crippen molar-refractivity contribution in [2.24, 2.45) is 0 Å². The van der Waals surface area contributed by atoms with Gasteiger partial charge < -0.3 is 14.5 Å². The van der Waals surface area contributed by atoms with E-state index in [9.17, 15) is 9.59 Å². The highest BCUT2D eigenvalue weighted by atomic mass is 35.5. The summed E-state index contributed by atoms with van der Waals surface area (Å²) in [5.74, 6) is 0.624. The van der Waals surface area contributed by atoms with Gasteiger partial charge in [0.25, 0.3) is 5.91 Å². The van der Waals surface area contributed by atoms with Crippen LogP contribution < -0.4 is 4.74 Å². The van der Waals surface area contributed by atoms with Crippen molar-refractivity contribution in [1.82, 2.24) is 9.80 Å². The Kier molecular flexibility index (Phi) is 10.2. The molecule has 0 fully saturated rings. The number of benzene rings is 3. The first-order valence-electron chi connectivity index (χ1n) is 13.6. The van der Waals surface area contributed by atoms with Crippen LogP contribution in [0.25, 0.3) is 0 Å². The van der Waals surface area contributed by atoms with Crippen molar-refractivity contribution in [2.75, 3.05) is 26.7 Å². The predicted octanol–water partition coefficient (Wildman–Crippen LogP) is 6.44. The summed E-state index contributed by atoms with van der Waals surface area (Å²) in [6.07, 6.45) is 5.52. The van der Waals surface area contributed by atoms with Gasteiger partial charge in [-0.15, -0.1) is 0 Å². The van der Waals surface area contributed by atoms with Crippen molar-refractivity contribution < 1.29 is 14.3 Å². The van der Waals surface area contributed by atoms with E-state index >= 15 is 0 Å². The second-order valence-corrected chi connectivity index (χ2v) is 10.4. The maximum Gasteiger partial charge on any atom is 0.257 e. The van der Waals surface area contributed by atoms with Crippen LogP contribution in [0, 0.1) is 0 Å². The van der Waals surface area contributed by atoms with Gasteiger partial charge in [0.15, 0.2) is 0 Å². The first kappa shape index (κ1) is 27.7. The number of halogens is 1. The fourth-order valence-electron chi connectivity index (χ4n) is 4.99. The lowest BCUT2D eigenvalue weighted by Crippen LogP contribution is -2.46. The Bertz CT molecular complexity index is 1200. The molecular formula is C32H37ClN2O3. The van der Waals surface area contributed by atoms with Gasteiger partial charge in [-0.05, 0) is 55.0 Å². The Morgan fingerprint density at radius 3 is 2.37 bits per heavy atom. The third-order valence-corrected chi connectivity index (χ3v) is 7.55. The zero-order chi connectivity index (χ0) is 26.7. The number of nitrogens with zero attached hydrogens (tertiary/aromatic N) is 2. The third-order valence-electron chi connectivity index (χ3n) is 7.18. The zero-order valence-corrected chi connectivity index (χ0v) is 22.9. The molecule has 4 rings (SSSR count). The minimum absolute atomic E-state index is 0.0371. The third kappa shape index (κ3) is 7.61. The number of rotatable bonds is 5. The zero-order valence-electron chi connectivity index (χ0n) is 22.2. The lowest BCUT2D eigenvalue weighted by Gasteiger charge is -2.33. The van der Waals surface area contributed by atoms with E-state index in [2.05, 4.69) is 12.1 Å². The molecule has 0 radical (unpaired) electrons. The maximum atomic E-state index is 13.7. The average Bonchev–Trinajstić information content (AvgIpc) is 2.94. The van der Waals surface area contributed by atoms with Crippen molar-refractivity contribution in [3.8, 4) is 5.75 Å². The van der Waals surface area contributed by atoms with Crippen molar-refractivity contribution in [2.45, 2.75) is 51.0 Å². The highest BCUT2D eigenvalue weighted by molar-refractivity contribution is 6.31. The Morgan fingerprint density at radius 2 is 1.58 bits per heavy atom. The first-order valence-corrected chi connectivity index (χ1v) is 13.9. The topological polar surface area (TPSA) is 49.9 Å². The molecule has 0 saturated carbocycles. The summed E-state index contributed by atoms with van der Waals surface area (Å²) >= 11 is 6.37. The molecule has 6 heteroatoms. The number of hydrogen-bond acceptors (Lipinski definition) is 3. The molecule has 0 spiro atoms. The van der Waals surface area contributed by atoms with Crippen molar-refractivity contribution in [1.29, 1.82) is 0 Å². The highest BCUT2D eigenvalue weighted by Crippen LogP contribution is 2.23. The van der Waals surface area contributed by atoms with Gasteiger partial charge in [-0.25, -0.2) is 0 Å². The number of aryl methyl sites for hydroxylation is 1. The van der Waals surface area contributed by atoms with E-state index in [1.165, 1.54) is 0 Å². The van der Waals surface area contributed by atoms with E-state index in [1.807, 2.05) is 78.7 Å². The van der Waals surface area contributed by atoms with Crippen molar-refractivity contribution in [3.63, 3.8) is 0 Å². The van der Waals surface area contributed by atoms with Gasteiger partial charge in [0.05, 0.1) is 11.6 Å². The minimum Gasteiger partial charge on any atom is -0.491 e. The van der Waals surface area contributed by atoms with E-state index < -0.39 is 0 Å². The van der Waals surface area contributed by atoms with Crippen molar-refractivity contribution >= 4 is 23.4 Å². The molecule has 0 aromatic heterocycles. The lowest BCUT2D eigenvalue weighted by molar-refractivity contribution is -0.134. The molecule has 200 valence electrons. The molecule has 1 aliphatic heterocycles. The molecule has 38 heavy (non-hydrogen) atoms. The van der Waals surface area contributed by atoms with Crippen LogP contribution in [0.4, 0.5) is 0 Å². The summed E-state index contributed by atoms with van der Waals surface area (Å²) in [7, 11) is 1.85. The number of amides is 2. The molecule has 1 atom stereocenters.